The fourth-order valence-corrected chi connectivity index (χ4v) is 2.80. The molecule has 1 atom stereocenters. The number of hydrogen-bond donors (Lipinski definition) is 0. The Morgan fingerprint density at radius 3 is 2.63 bits per heavy atom. The molecule has 0 aliphatic heterocycles. The van der Waals surface area contributed by atoms with Crippen LogP contribution in [0.5, 0.6) is 0 Å². The van der Waals surface area contributed by atoms with Crippen molar-refractivity contribution in [2.45, 2.75) is 26.7 Å². The Balaban J connectivity index is 2.14. The largest absolute Gasteiger partial charge is 0.256 e. The summed E-state index contributed by atoms with van der Waals surface area (Å²) in [4.78, 5) is 4.57. The maximum Gasteiger partial charge on any atom is 0.0743 e. The summed E-state index contributed by atoms with van der Waals surface area (Å²) >= 11 is 0. The van der Waals surface area contributed by atoms with Crippen LogP contribution in [0.25, 0.3) is 10.9 Å². The van der Waals surface area contributed by atoms with Crippen molar-refractivity contribution in [3.05, 3.63) is 65.4 Å². The molecule has 0 radical (unpaired) electrons. The van der Waals surface area contributed by atoms with Crippen molar-refractivity contribution in [1.29, 1.82) is 0 Å². The highest BCUT2D eigenvalue weighted by Crippen LogP contribution is 2.37. The van der Waals surface area contributed by atoms with Crippen molar-refractivity contribution in [2.24, 2.45) is 5.92 Å². The van der Waals surface area contributed by atoms with Gasteiger partial charge < -0.3 is 0 Å². The van der Waals surface area contributed by atoms with Crippen LogP contribution in [0.3, 0.4) is 0 Å². The van der Waals surface area contributed by atoms with Gasteiger partial charge in [-0.1, -0.05) is 55.8 Å². The van der Waals surface area contributed by atoms with Gasteiger partial charge in [0.25, 0.3) is 0 Å². The van der Waals surface area contributed by atoms with Gasteiger partial charge in [0.2, 0.25) is 0 Å². The number of rotatable bonds is 2. The van der Waals surface area contributed by atoms with Gasteiger partial charge in [-0.15, -0.1) is 0 Å². The average Bonchev–Trinajstić information content (AvgIpc) is 2.80. The first-order chi connectivity index (χ1) is 9.16. The van der Waals surface area contributed by atoms with Gasteiger partial charge in [-0.3, -0.25) is 4.98 Å². The highest BCUT2D eigenvalue weighted by Gasteiger charge is 2.21. The Morgan fingerprint density at radius 2 is 1.89 bits per heavy atom. The smallest absolute Gasteiger partial charge is 0.0743 e. The third-order valence-electron chi connectivity index (χ3n) is 3.91. The molecule has 1 aliphatic carbocycles. The highest BCUT2D eigenvalue weighted by molar-refractivity contribution is 5.83. The molecular weight excluding hydrogens is 230 g/mol. The molecule has 3 rings (SSSR count). The van der Waals surface area contributed by atoms with Gasteiger partial charge in [0.15, 0.2) is 0 Å². The number of para-hydroxylation sites is 1. The number of aromatic nitrogens is 1. The van der Waals surface area contributed by atoms with Crippen LogP contribution in [0.15, 0.2) is 59.8 Å². The summed E-state index contributed by atoms with van der Waals surface area (Å²) in [5.74, 6) is 0.971. The summed E-state index contributed by atoms with van der Waals surface area (Å²) in [5.41, 5.74) is 5.31. The molecule has 96 valence electrons. The minimum Gasteiger partial charge on any atom is -0.256 e. The maximum atomic E-state index is 4.57. The topological polar surface area (TPSA) is 12.9 Å². The Hall–Kier alpha value is -1.89. The zero-order valence-electron chi connectivity index (χ0n) is 11.7. The first-order valence-electron chi connectivity index (χ1n) is 6.90. The van der Waals surface area contributed by atoms with Crippen molar-refractivity contribution in [3.63, 3.8) is 0 Å². The first kappa shape index (κ1) is 12.2. The predicted octanol–water partition coefficient (Wildman–Crippen LogP) is 4.86. The van der Waals surface area contributed by atoms with Gasteiger partial charge in [-0.2, -0.15) is 0 Å². The average molecular weight is 249 g/mol. The lowest BCUT2D eigenvalue weighted by Gasteiger charge is -2.13. The number of allylic oxidation sites excluding steroid dienone is 4. The second-order valence-corrected chi connectivity index (χ2v) is 5.61. The van der Waals surface area contributed by atoms with Crippen LogP contribution in [-0.4, -0.2) is 4.98 Å². The normalized spacial score (nSPS) is 18.8. The SMILES string of the molecule is CC1=CC(C(C)C)=CC1c1cccc2cccnc12. The molecule has 1 aromatic carbocycles. The van der Waals surface area contributed by atoms with Crippen LogP contribution in [0.2, 0.25) is 0 Å². The fourth-order valence-electron chi connectivity index (χ4n) is 2.80. The maximum absolute atomic E-state index is 4.57. The molecule has 0 N–H and O–H groups in total. The summed E-state index contributed by atoms with van der Waals surface area (Å²) in [6.07, 6.45) is 6.60. The summed E-state index contributed by atoms with van der Waals surface area (Å²) in [6.45, 7) is 6.72. The molecule has 1 nitrogen and oxygen atoms in total. The van der Waals surface area contributed by atoms with E-state index in [1.807, 2.05) is 12.3 Å². The minimum absolute atomic E-state index is 0.385. The number of nitrogens with zero attached hydrogens (tertiary/aromatic N) is 1. The molecule has 1 aromatic heterocycles. The Labute approximate surface area is 114 Å². The quantitative estimate of drug-likeness (QED) is 0.740. The van der Waals surface area contributed by atoms with Gasteiger partial charge in [-0.25, -0.2) is 0 Å². The van der Waals surface area contributed by atoms with Crippen molar-refractivity contribution < 1.29 is 0 Å². The van der Waals surface area contributed by atoms with Crippen LogP contribution in [-0.2, 0) is 0 Å². The first-order valence-corrected chi connectivity index (χ1v) is 6.90. The molecule has 1 aliphatic rings. The van der Waals surface area contributed by atoms with Crippen LogP contribution >= 0.6 is 0 Å². The molecule has 0 saturated carbocycles. The van der Waals surface area contributed by atoms with Gasteiger partial charge >= 0.3 is 0 Å². The summed E-state index contributed by atoms with van der Waals surface area (Å²) in [6, 6.07) is 10.6. The lowest BCUT2D eigenvalue weighted by Crippen LogP contribution is -1.97. The Morgan fingerprint density at radius 1 is 1.11 bits per heavy atom. The van der Waals surface area contributed by atoms with Crippen molar-refractivity contribution in [1.82, 2.24) is 4.98 Å². The molecule has 19 heavy (non-hydrogen) atoms. The number of benzene rings is 1. The van der Waals surface area contributed by atoms with E-state index < -0.39 is 0 Å². The molecule has 0 saturated heterocycles. The molecule has 0 fully saturated rings. The van der Waals surface area contributed by atoms with E-state index in [1.54, 1.807) is 0 Å². The van der Waals surface area contributed by atoms with E-state index in [9.17, 15) is 0 Å². The molecular formula is C18H19N. The van der Waals surface area contributed by atoms with Crippen molar-refractivity contribution in [3.8, 4) is 0 Å². The van der Waals surface area contributed by atoms with Gasteiger partial charge in [-0.05, 0) is 30.0 Å². The Kier molecular flexibility index (Phi) is 2.98. The van der Waals surface area contributed by atoms with Crippen molar-refractivity contribution >= 4 is 10.9 Å². The fraction of sp³-hybridized carbons (Fsp3) is 0.278. The van der Waals surface area contributed by atoms with Gasteiger partial charge in [0.05, 0.1) is 5.52 Å². The van der Waals surface area contributed by atoms with E-state index in [2.05, 4.69) is 62.2 Å². The zero-order chi connectivity index (χ0) is 13.4. The minimum atomic E-state index is 0.385. The molecule has 0 bridgehead atoms. The van der Waals surface area contributed by atoms with E-state index in [0.29, 0.717) is 11.8 Å². The highest BCUT2D eigenvalue weighted by atomic mass is 14.7. The Bertz CT molecular complexity index is 672. The summed E-state index contributed by atoms with van der Waals surface area (Å²) in [5, 5.41) is 1.22. The number of hydrogen-bond acceptors (Lipinski definition) is 1. The number of fused-ring (bicyclic) bond motifs is 1. The van der Waals surface area contributed by atoms with E-state index in [-0.39, 0.29) is 0 Å². The lowest BCUT2D eigenvalue weighted by atomic mass is 9.92. The van der Waals surface area contributed by atoms with Gasteiger partial charge in [0.1, 0.15) is 0 Å². The van der Waals surface area contributed by atoms with E-state index in [0.717, 1.165) is 5.52 Å². The summed E-state index contributed by atoms with van der Waals surface area (Å²) < 4.78 is 0. The van der Waals surface area contributed by atoms with E-state index >= 15 is 0 Å². The zero-order valence-corrected chi connectivity index (χ0v) is 11.7. The summed E-state index contributed by atoms with van der Waals surface area (Å²) in [7, 11) is 0. The van der Waals surface area contributed by atoms with E-state index in [4.69, 9.17) is 0 Å². The molecule has 2 aromatic rings. The predicted molar refractivity (Wildman–Crippen MR) is 81.2 cm³/mol. The molecule has 0 spiro atoms. The second kappa shape index (κ2) is 4.65. The van der Waals surface area contributed by atoms with Crippen LogP contribution in [0, 0.1) is 5.92 Å². The number of pyridine rings is 1. The third-order valence-corrected chi connectivity index (χ3v) is 3.91. The van der Waals surface area contributed by atoms with Crippen LogP contribution < -0.4 is 0 Å². The monoisotopic (exact) mass is 249 g/mol. The molecule has 0 amide bonds. The molecule has 1 heterocycles. The van der Waals surface area contributed by atoms with Gasteiger partial charge in [0, 0.05) is 17.5 Å². The molecule has 1 unspecified atom stereocenters. The van der Waals surface area contributed by atoms with Crippen LogP contribution in [0.1, 0.15) is 32.3 Å². The molecule has 1 heteroatoms. The lowest BCUT2D eigenvalue weighted by molar-refractivity contribution is 0.791. The third kappa shape index (κ3) is 2.10. The van der Waals surface area contributed by atoms with E-state index in [1.165, 1.54) is 22.1 Å². The second-order valence-electron chi connectivity index (χ2n) is 5.61. The van der Waals surface area contributed by atoms with Crippen LogP contribution in [0.4, 0.5) is 0 Å². The van der Waals surface area contributed by atoms with Crippen molar-refractivity contribution in [2.75, 3.05) is 0 Å². The standard InChI is InChI=1S/C18H19N/c1-12(2)15-10-13(3)17(11-15)16-8-4-6-14-7-5-9-19-18(14)16/h4-12,17H,1-3H3.